The van der Waals surface area contributed by atoms with Crippen molar-refractivity contribution in [1.82, 2.24) is 15.1 Å². The molecule has 0 aliphatic carbocycles. The average molecular weight is 405 g/mol. The number of ether oxygens (including phenoxy) is 1. The molecule has 156 valence electrons. The molecule has 2 fully saturated rings. The molecule has 2 aliphatic rings. The molecule has 2 bridgehead atoms. The van der Waals surface area contributed by atoms with Gasteiger partial charge in [0, 0.05) is 51.4 Å². The summed E-state index contributed by atoms with van der Waals surface area (Å²) in [5.41, 5.74) is 2.53. The van der Waals surface area contributed by atoms with Crippen LogP contribution in [0.3, 0.4) is 0 Å². The van der Waals surface area contributed by atoms with Gasteiger partial charge in [-0.15, -0.1) is 0 Å². The molecule has 2 atom stereocenters. The quantitative estimate of drug-likeness (QED) is 0.764. The maximum absolute atomic E-state index is 12.3. The fourth-order valence-electron chi connectivity index (χ4n) is 4.28. The molecule has 0 saturated carbocycles. The Morgan fingerprint density at radius 2 is 1.60 bits per heavy atom. The Morgan fingerprint density at radius 3 is 2.23 bits per heavy atom. The minimum atomic E-state index is -0.0972. The third kappa shape index (κ3) is 5.45. The summed E-state index contributed by atoms with van der Waals surface area (Å²) >= 11 is 0. The van der Waals surface area contributed by atoms with Crippen LogP contribution >= 0.6 is 0 Å². The van der Waals surface area contributed by atoms with Gasteiger partial charge in [-0.1, -0.05) is 30.3 Å². The SMILES string of the molecule is N#Cc1ccc(C(=O)NCCN2CC3CN(CCc4ccccc4)CC(C2)O3)cc1. The number of rotatable bonds is 7. The number of carbonyl (C=O) groups excluding carboxylic acids is 1. The second kappa shape index (κ2) is 9.86. The van der Waals surface area contributed by atoms with Gasteiger partial charge < -0.3 is 10.1 Å². The largest absolute Gasteiger partial charge is 0.370 e. The zero-order valence-corrected chi connectivity index (χ0v) is 17.2. The summed E-state index contributed by atoms with van der Waals surface area (Å²) in [6.45, 7) is 6.25. The van der Waals surface area contributed by atoms with Gasteiger partial charge in [-0.3, -0.25) is 14.6 Å². The molecule has 2 aliphatic heterocycles. The van der Waals surface area contributed by atoms with Crippen LogP contribution in [0.5, 0.6) is 0 Å². The molecule has 2 aromatic carbocycles. The summed E-state index contributed by atoms with van der Waals surface area (Å²) in [4.78, 5) is 17.2. The van der Waals surface area contributed by atoms with Gasteiger partial charge in [0.05, 0.1) is 23.8 Å². The fourth-order valence-corrected chi connectivity index (χ4v) is 4.28. The van der Waals surface area contributed by atoms with Crippen molar-refractivity contribution in [2.45, 2.75) is 18.6 Å². The summed E-state index contributed by atoms with van der Waals surface area (Å²) in [5, 5.41) is 11.8. The average Bonchev–Trinajstić information content (AvgIpc) is 2.78. The number of nitrogens with zero attached hydrogens (tertiary/aromatic N) is 3. The van der Waals surface area contributed by atoms with Gasteiger partial charge in [0.15, 0.2) is 0 Å². The number of nitriles is 1. The van der Waals surface area contributed by atoms with Gasteiger partial charge in [-0.05, 0) is 36.2 Å². The molecule has 1 amide bonds. The molecular formula is C24H28N4O2. The lowest BCUT2D eigenvalue weighted by atomic mass is 10.1. The number of hydrogen-bond acceptors (Lipinski definition) is 5. The van der Waals surface area contributed by atoms with Gasteiger partial charge in [0.25, 0.3) is 5.91 Å². The summed E-state index contributed by atoms with van der Waals surface area (Å²) < 4.78 is 6.16. The first-order chi connectivity index (χ1) is 14.7. The van der Waals surface area contributed by atoms with E-state index in [1.165, 1.54) is 5.56 Å². The van der Waals surface area contributed by atoms with Crippen molar-refractivity contribution < 1.29 is 9.53 Å². The van der Waals surface area contributed by atoms with E-state index >= 15 is 0 Å². The Morgan fingerprint density at radius 1 is 0.967 bits per heavy atom. The van der Waals surface area contributed by atoms with E-state index in [1.807, 2.05) is 0 Å². The minimum absolute atomic E-state index is 0.0972. The topological polar surface area (TPSA) is 68.6 Å². The number of hydrogen-bond donors (Lipinski definition) is 1. The van der Waals surface area contributed by atoms with E-state index in [9.17, 15) is 4.79 Å². The maximum atomic E-state index is 12.3. The molecule has 0 radical (unpaired) electrons. The van der Waals surface area contributed by atoms with E-state index < -0.39 is 0 Å². The molecule has 6 heteroatoms. The van der Waals surface area contributed by atoms with Crippen molar-refractivity contribution in [3.63, 3.8) is 0 Å². The van der Waals surface area contributed by atoms with Crippen molar-refractivity contribution in [1.29, 1.82) is 5.26 Å². The van der Waals surface area contributed by atoms with E-state index in [-0.39, 0.29) is 18.1 Å². The van der Waals surface area contributed by atoms with Gasteiger partial charge in [0.2, 0.25) is 0 Å². The van der Waals surface area contributed by atoms with E-state index in [4.69, 9.17) is 10.00 Å². The first-order valence-corrected chi connectivity index (χ1v) is 10.6. The zero-order chi connectivity index (χ0) is 20.8. The molecule has 2 saturated heterocycles. The maximum Gasteiger partial charge on any atom is 0.251 e. The molecule has 1 N–H and O–H groups in total. The molecule has 2 unspecified atom stereocenters. The lowest BCUT2D eigenvalue weighted by Gasteiger charge is -2.46. The standard InChI is InChI=1S/C24H28N4O2/c25-14-20-6-8-21(9-7-20)24(29)26-11-13-28-17-22-15-27(16-23(18-28)30-22)12-10-19-4-2-1-3-5-19/h1-9,22-23H,10-13,15-18H2,(H,26,29). The number of carbonyl (C=O) groups is 1. The van der Waals surface area contributed by atoms with Gasteiger partial charge in [-0.25, -0.2) is 0 Å². The first-order valence-electron chi connectivity index (χ1n) is 10.6. The molecule has 30 heavy (non-hydrogen) atoms. The minimum Gasteiger partial charge on any atom is -0.370 e. The predicted octanol–water partition coefficient (Wildman–Crippen LogP) is 1.92. The Balaban J connectivity index is 1.19. The first kappa shape index (κ1) is 20.5. The number of benzene rings is 2. The van der Waals surface area contributed by atoms with Crippen molar-refractivity contribution in [3.8, 4) is 6.07 Å². The van der Waals surface area contributed by atoms with Gasteiger partial charge in [-0.2, -0.15) is 5.26 Å². The van der Waals surface area contributed by atoms with E-state index in [1.54, 1.807) is 24.3 Å². The predicted molar refractivity (Wildman–Crippen MR) is 115 cm³/mol. The number of amides is 1. The Labute approximate surface area is 178 Å². The second-order valence-electron chi connectivity index (χ2n) is 8.08. The fraction of sp³-hybridized carbons (Fsp3) is 0.417. The number of morpholine rings is 2. The lowest BCUT2D eigenvalue weighted by molar-refractivity contribution is -0.137. The van der Waals surface area contributed by atoms with E-state index in [2.05, 4.69) is 51.5 Å². The van der Waals surface area contributed by atoms with Crippen molar-refractivity contribution in [2.24, 2.45) is 0 Å². The Hall–Kier alpha value is -2.72. The van der Waals surface area contributed by atoms with Crippen LogP contribution in [0.25, 0.3) is 0 Å². The number of nitrogens with one attached hydrogen (secondary N) is 1. The van der Waals surface area contributed by atoms with E-state index in [0.717, 1.165) is 45.7 Å². The molecule has 4 rings (SSSR count). The Kier molecular flexibility index (Phi) is 6.75. The van der Waals surface area contributed by atoms with Crippen LogP contribution in [0.15, 0.2) is 54.6 Å². The molecule has 0 aromatic heterocycles. The van der Waals surface area contributed by atoms with Crippen LogP contribution in [0.1, 0.15) is 21.5 Å². The normalized spacial score (nSPS) is 21.7. The lowest BCUT2D eigenvalue weighted by Crippen LogP contribution is -2.60. The van der Waals surface area contributed by atoms with Crippen LogP contribution in [-0.4, -0.2) is 73.7 Å². The van der Waals surface area contributed by atoms with Crippen molar-refractivity contribution in [3.05, 3.63) is 71.3 Å². The monoisotopic (exact) mass is 404 g/mol. The van der Waals surface area contributed by atoms with E-state index in [0.29, 0.717) is 17.7 Å². The van der Waals surface area contributed by atoms with Gasteiger partial charge in [0.1, 0.15) is 0 Å². The molecule has 2 aromatic rings. The molecular weight excluding hydrogens is 376 g/mol. The molecule has 0 spiro atoms. The smallest absolute Gasteiger partial charge is 0.251 e. The zero-order valence-electron chi connectivity index (χ0n) is 17.2. The third-order valence-electron chi connectivity index (χ3n) is 5.78. The highest BCUT2D eigenvalue weighted by molar-refractivity contribution is 5.94. The third-order valence-corrected chi connectivity index (χ3v) is 5.78. The highest BCUT2D eigenvalue weighted by Gasteiger charge is 2.34. The number of fused-ring (bicyclic) bond motifs is 2. The van der Waals surface area contributed by atoms with Gasteiger partial charge >= 0.3 is 0 Å². The highest BCUT2D eigenvalue weighted by Crippen LogP contribution is 2.19. The van der Waals surface area contributed by atoms with Crippen LogP contribution in [-0.2, 0) is 11.2 Å². The molecule has 6 nitrogen and oxygen atoms in total. The Bertz CT molecular complexity index is 864. The van der Waals surface area contributed by atoms with Crippen molar-refractivity contribution in [2.75, 3.05) is 45.8 Å². The summed E-state index contributed by atoms with van der Waals surface area (Å²) in [6.07, 6.45) is 1.55. The van der Waals surface area contributed by atoms with Crippen molar-refractivity contribution >= 4 is 5.91 Å². The van der Waals surface area contributed by atoms with Crippen LogP contribution < -0.4 is 5.32 Å². The second-order valence-corrected chi connectivity index (χ2v) is 8.08. The molecule has 2 heterocycles. The summed E-state index contributed by atoms with van der Waals surface area (Å²) in [5.74, 6) is -0.0972. The van der Waals surface area contributed by atoms with Crippen LogP contribution in [0.2, 0.25) is 0 Å². The van der Waals surface area contributed by atoms with Crippen LogP contribution in [0, 0.1) is 11.3 Å². The highest BCUT2D eigenvalue weighted by atomic mass is 16.5. The van der Waals surface area contributed by atoms with Crippen LogP contribution in [0.4, 0.5) is 0 Å². The summed E-state index contributed by atoms with van der Waals surface area (Å²) in [6, 6.07) is 19.4. The summed E-state index contributed by atoms with van der Waals surface area (Å²) in [7, 11) is 0.